The summed E-state index contributed by atoms with van der Waals surface area (Å²) in [6, 6.07) is 23.0. The Labute approximate surface area is 197 Å². The average molecular weight is 483 g/mol. The fourth-order valence-corrected chi connectivity index (χ4v) is 5.55. The molecule has 0 saturated carbocycles. The van der Waals surface area contributed by atoms with E-state index in [1.165, 1.54) is 10.4 Å². The van der Waals surface area contributed by atoms with Gasteiger partial charge in [0.2, 0.25) is 10.0 Å². The molecule has 8 heteroatoms. The van der Waals surface area contributed by atoms with Crippen LogP contribution in [0.5, 0.6) is 5.75 Å². The van der Waals surface area contributed by atoms with Crippen molar-refractivity contribution in [3.8, 4) is 5.75 Å². The van der Waals surface area contributed by atoms with Crippen LogP contribution in [0, 0.1) is 0 Å². The zero-order valence-electron chi connectivity index (χ0n) is 18.0. The van der Waals surface area contributed by atoms with Crippen molar-refractivity contribution in [2.75, 3.05) is 13.7 Å². The highest BCUT2D eigenvalue weighted by molar-refractivity contribution is 7.89. The van der Waals surface area contributed by atoms with Gasteiger partial charge in [0.1, 0.15) is 10.6 Å². The van der Waals surface area contributed by atoms with Crippen LogP contribution in [0.1, 0.15) is 11.1 Å². The number of pyridine rings is 1. The Kier molecular flexibility index (Phi) is 6.83. The van der Waals surface area contributed by atoms with Gasteiger partial charge in [-0.1, -0.05) is 54.1 Å². The van der Waals surface area contributed by atoms with E-state index >= 15 is 0 Å². The van der Waals surface area contributed by atoms with Crippen molar-refractivity contribution in [2.24, 2.45) is 0 Å². The summed E-state index contributed by atoms with van der Waals surface area (Å²) in [7, 11) is -2.40. The number of hydrogen-bond acceptors (Lipinski definition) is 4. The van der Waals surface area contributed by atoms with Crippen LogP contribution in [0.15, 0.2) is 88.6 Å². The molecular formula is C25H23ClN2O4S. The van der Waals surface area contributed by atoms with Crippen LogP contribution in [0.25, 0.3) is 10.9 Å². The Morgan fingerprint density at radius 1 is 0.970 bits per heavy atom. The van der Waals surface area contributed by atoms with Gasteiger partial charge >= 0.3 is 0 Å². The van der Waals surface area contributed by atoms with Gasteiger partial charge in [-0.15, -0.1) is 0 Å². The van der Waals surface area contributed by atoms with Gasteiger partial charge in [0.15, 0.2) is 0 Å². The lowest BCUT2D eigenvalue weighted by Crippen LogP contribution is -2.34. The highest BCUT2D eigenvalue weighted by atomic mass is 35.5. The molecule has 0 amide bonds. The maximum Gasteiger partial charge on any atom is 0.252 e. The van der Waals surface area contributed by atoms with E-state index in [0.717, 1.165) is 10.9 Å². The third kappa shape index (κ3) is 5.11. The first-order valence-corrected chi connectivity index (χ1v) is 12.2. The quantitative estimate of drug-likeness (QED) is 0.397. The second-order valence-electron chi connectivity index (χ2n) is 7.58. The van der Waals surface area contributed by atoms with Gasteiger partial charge in [-0.05, 0) is 47.7 Å². The van der Waals surface area contributed by atoms with Gasteiger partial charge in [-0.3, -0.25) is 4.79 Å². The fourth-order valence-electron chi connectivity index (χ4n) is 3.64. The summed E-state index contributed by atoms with van der Waals surface area (Å²) in [4.78, 5) is 15.7. The minimum absolute atomic E-state index is 0.0154. The van der Waals surface area contributed by atoms with Crippen molar-refractivity contribution in [3.63, 3.8) is 0 Å². The molecular weight excluding hydrogens is 460 g/mol. The highest BCUT2D eigenvalue weighted by Gasteiger charge is 2.27. The molecule has 0 unspecified atom stereocenters. The van der Waals surface area contributed by atoms with Crippen LogP contribution >= 0.6 is 11.6 Å². The molecule has 3 aromatic carbocycles. The molecule has 0 atom stereocenters. The number of nitrogens with one attached hydrogen (secondary N) is 1. The number of benzene rings is 3. The Bertz CT molecular complexity index is 1440. The number of aromatic amines is 1. The highest BCUT2D eigenvalue weighted by Crippen LogP contribution is 2.26. The standard InChI is InChI=1S/C25H23ClN2O4S/c1-32-21-12-11-19-15-20(25(29)27-23(19)16-21)17-28(14-13-18-7-3-2-4-8-18)33(30,31)24-10-6-5-9-22(24)26/h2-12,15-16H,13-14,17H2,1H3,(H,27,29). The Balaban J connectivity index is 1.72. The van der Waals surface area contributed by atoms with Crippen LogP contribution < -0.4 is 10.3 Å². The van der Waals surface area contributed by atoms with Crippen molar-refractivity contribution >= 4 is 32.5 Å². The van der Waals surface area contributed by atoms with E-state index < -0.39 is 10.0 Å². The lowest BCUT2D eigenvalue weighted by atomic mass is 10.1. The predicted molar refractivity (Wildman–Crippen MR) is 130 cm³/mol. The number of rotatable bonds is 8. The van der Waals surface area contributed by atoms with Gasteiger partial charge in [0, 0.05) is 24.7 Å². The first-order chi connectivity index (χ1) is 15.9. The minimum atomic E-state index is -3.95. The van der Waals surface area contributed by atoms with Gasteiger partial charge < -0.3 is 9.72 Å². The van der Waals surface area contributed by atoms with E-state index in [-0.39, 0.29) is 28.6 Å². The number of halogens is 1. The number of nitrogens with zero attached hydrogens (tertiary/aromatic N) is 1. The van der Waals surface area contributed by atoms with Crippen LogP contribution in [0.2, 0.25) is 5.02 Å². The molecule has 0 fully saturated rings. The van der Waals surface area contributed by atoms with Crippen molar-refractivity contribution < 1.29 is 13.2 Å². The first-order valence-electron chi connectivity index (χ1n) is 10.4. The van der Waals surface area contributed by atoms with Crippen LogP contribution in [-0.2, 0) is 23.0 Å². The molecule has 0 bridgehead atoms. The first kappa shape index (κ1) is 23.0. The van der Waals surface area contributed by atoms with Crippen molar-refractivity contribution in [1.82, 2.24) is 9.29 Å². The molecule has 4 aromatic rings. The number of sulfonamides is 1. The topological polar surface area (TPSA) is 79.5 Å². The molecule has 0 radical (unpaired) electrons. The van der Waals surface area contributed by atoms with E-state index in [2.05, 4.69) is 4.98 Å². The molecule has 4 rings (SSSR count). The van der Waals surface area contributed by atoms with Gasteiger partial charge in [-0.2, -0.15) is 4.31 Å². The largest absolute Gasteiger partial charge is 0.497 e. The Hall–Kier alpha value is -3.13. The van der Waals surface area contributed by atoms with E-state index in [0.29, 0.717) is 23.3 Å². The molecule has 0 spiro atoms. The number of fused-ring (bicyclic) bond motifs is 1. The molecule has 6 nitrogen and oxygen atoms in total. The molecule has 170 valence electrons. The van der Waals surface area contributed by atoms with Crippen LogP contribution in [0.3, 0.4) is 0 Å². The minimum Gasteiger partial charge on any atom is -0.497 e. The SMILES string of the molecule is COc1ccc2cc(CN(CCc3ccccc3)S(=O)(=O)c3ccccc3Cl)c(=O)[nH]c2c1. The molecule has 0 aliphatic heterocycles. The lowest BCUT2D eigenvalue weighted by molar-refractivity contribution is 0.408. The second kappa shape index (κ2) is 9.79. The summed E-state index contributed by atoms with van der Waals surface area (Å²) in [5.41, 5.74) is 1.61. The zero-order chi connectivity index (χ0) is 23.4. The van der Waals surface area contributed by atoms with E-state index in [1.54, 1.807) is 43.5 Å². The summed E-state index contributed by atoms with van der Waals surface area (Å²) in [6.45, 7) is 0.107. The molecule has 0 aliphatic rings. The summed E-state index contributed by atoms with van der Waals surface area (Å²) < 4.78 is 33.6. The number of aromatic nitrogens is 1. The normalized spacial score (nSPS) is 11.7. The third-order valence-electron chi connectivity index (χ3n) is 5.42. The van der Waals surface area contributed by atoms with Gasteiger partial charge in [-0.25, -0.2) is 8.42 Å². The van der Waals surface area contributed by atoms with Crippen LogP contribution in [0.4, 0.5) is 0 Å². The number of H-pyrrole nitrogens is 1. The number of methoxy groups -OCH3 is 1. The van der Waals surface area contributed by atoms with Crippen molar-refractivity contribution in [3.05, 3.63) is 105 Å². The fraction of sp³-hybridized carbons (Fsp3) is 0.160. The molecule has 33 heavy (non-hydrogen) atoms. The average Bonchev–Trinajstić information content (AvgIpc) is 2.82. The maximum absolute atomic E-state index is 13.5. The maximum atomic E-state index is 13.5. The molecule has 1 N–H and O–H groups in total. The number of hydrogen-bond donors (Lipinski definition) is 1. The Morgan fingerprint density at radius 2 is 1.70 bits per heavy atom. The summed E-state index contributed by atoms with van der Waals surface area (Å²) >= 11 is 6.23. The zero-order valence-corrected chi connectivity index (χ0v) is 19.6. The summed E-state index contributed by atoms with van der Waals surface area (Å²) in [6.07, 6.45) is 0.493. The molecule has 1 heterocycles. The van der Waals surface area contributed by atoms with Crippen molar-refractivity contribution in [2.45, 2.75) is 17.9 Å². The predicted octanol–water partition coefficient (Wildman–Crippen LogP) is 4.62. The third-order valence-corrected chi connectivity index (χ3v) is 7.77. The molecule has 0 aliphatic carbocycles. The van der Waals surface area contributed by atoms with Crippen molar-refractivity contribution in [1.29, 1.82) is 0 Å². The van der Waals surface area contributed by atoms with Gasteiger partial charge in [0.05, 0.1) is 17.6 Å². The summed E-state index contributed by atoms with van der Waals surface area (Å²) in [5.74, 6) is 0.622. The Morgan fingerprint density at radius 3 is 2.42 bits per heavy atom. The van der Waals surface area contributed by atoms with E-state index in [4.69, 9.17) is 16.3 Å². The number of ether oxygens (including phenoxy) is 1. The monoisotopic (exact) mass is 482 g/mol. The smallest absolute Gasteiger partial charge is 0.252 e. The molecule has 1 aromatic heterocycles. The van der Waals surface area contributed by atoms with Gasteiger partial charge in [0.25, 0.3) is 5.56 Å². The van der Waals surface area contributed by atoms with E-state index in [9.17, 15) is 13.2 Å². The molecule has 0 saturated heterocycles. The second-order valence-corrected chi connectivity index (χ2v) is 9.90. The lowest BCUT2D eigenvalue weighted by Gasteiger charge is -2.23. The van der Waals surface area contributed by atoms with Crippen LogP contribution in [-0.4, -0.2) is 31.4 Å². The summed E-state index contributed by atoms with van der Waals surface area (Å²) in [5, 5.41) is 0.922. The van der Waals surface area contributed by atoms with E-state index in [1.807, 2.05) is 36.4 Å².